The molecule has 1 radical (unpaired) electrons. The molecule has 0 fully saturated rings. The second-order valence-corrected chi connectivity index (χ2v) is 2.45. The van der Waals surface area contributed by atoms with Crippen LogP contribution in [0.3, 0.4) is 0 Å². The molecule has 1 aromatic heterocycles. The highest BCUT2D eigenvalue weighted by atomic mass is 19.2. The number of benzene rings is 1. The fourth-order valence-electron chi connectivity index (χ4n) is 1.08. The predicted molar refractivity (Wildman–Crippen MR) is 37.2 cm³/mol. The molecule has 0 bridgehead atoms. The summed E-state index contributed by atoms with van der Waals surface area (Å²) in [6, 6.07) is 3.40. The van der Waals surface area contributed by atoms with Crippen LogP contribution in [0.25, 0.3) is 10.9 Å². The van der Waals surface area contributed by atoms with Crippen molar-refractivity contribution < 1.29 is 17.7 Å². The largest absolute Gasteiger partial charge is 0.231 e. The number of halogens is 4. The van der Waals surface area contributed by atoms with Crippen molar-refractivity contribution in [3.05, 3.63) is 35.8 Å². The van der Waals surface area contributed by atoms with Crippen molar-refractivity contribution in [3.63, 3.8) is 0 Å². The number of hydrogen-bond donors (Lipinski definition) is 0. The molecule has 1 aromatic carbocycles. The van der Waals surface area contributed by atoms with Crippen LogP contribution in [0.15, 0.2) is 12.1 Å². The average Bonchev–Trinajstić information content (AvgIpc) is 2.38. The molecule has 0 spiro atoms. The Hall–Kier alpha value is -1.52. The van der Waals surface area contributed by atoms with Crippen LogP contribution in [0.2, 0.25) is 0 Å². The Bertz CT molecular complexity index is 474. The molecule has 2 rings (SSSR count). The van der Waals surface area contributed by atoms with E-state index < -0.39 is 27.8 Å². The van der Waals surface area contributed by atoms with Crippen molar-refractivity contribution in [1.29, 1.82) is 0 Å². The van der Waals surface area contributed by atoms with Crippen molar-refractivity contribution in [3.8, 4) is 0 Å². The second kappa shape index (κ2) is 2.48. The van der Waals surface area contributed by atoms with Crippen molar-refractivity contribution in [2.24, 2.45) is 0 Å². The SMILES string of the molecule is Fc1ccc2c([c]c(F)n2F)c1F. The van der Waals surface area contributed by atoms with Gasteiger partial charge in [0.25, 0.3) is 0 Å². The molecule has 67 valence electrons. The van der Waals surface area contributed by atoms with Gasteiger partial charge < -0.3 is 0 Å². The Labute approximate surface area is 70.1 Å². The van der Waals surface area contributed by atoms with Gasteiger partial charge in [-0.15, -0.1) is 0 Å². The zero-order chi connectivity index (χ0) is 9.59. The molecule has 1 nitrogen and oxygen atoms in total. The standard InChI is InChI=1S/C8H2F4N/c9-5-1-2-6-4(8(5)11)3-7(10)13(6)12/h1-2H. The Morgan fingerprint density at radius 2 is 1.85 bits per heavy atom. The summed E-state index contributed by atoms with van der Waals surface area (Å²) in [5.41, 5.74) is -0.378. The summed E-state index contributed by atoms with van der Waals surface area (Å²) >= 11 is 0. The quantitative estimate of drug-likeness (QED) is 0.560. The summed E-state index contributed by atoms with van der Waals surface area (Å²) in [4.78, 5) is -0.391. The molecule has 0 N–H and O–H groups in total. The maximum absolute atomic E-state index is 12.8. The van der Waals surface area contributed by atoms with Crippen LogP contribution in [0.4, 0.5) is 17.7 Å². The zero-order valence-corrected chi connectivity index (χ0v) is 6.11. The summed E-state index contributed by atoms with van der Waals surface area (Å²) in [7, 11) is 0. The maximum Gasteiger partial charge on any atom is 0.231 e. The Morgan fingerprint density at radius 1 is 1.15 bits per heavy atom. The highest BCUT2D eigenvalue weighted by Gasteiger charge is 2.14. The molecule has 13 heavy (non-hydrogen) atoms. The molecule has 0 saturated carbocycles. The summed E-state index contributed by atoms with van der Waals surface area (Å²) in [6.45, 7) is 0. The van der Waals surface area contributed by atoms with Crippen LogP contribution < -0.4 is 0 Å². The fraction of sp³-hybridized carbons (Fsp3) is 0. The molecule has 2 aromatic rings. The van der Waals surface area contributed by atoms with Crippen LogP contribution in [0.1, 0.15) is 0 Å². The predicted octanol–water partition coefficient (Wildman–Crippen LogP) is 2.59. The van der Waals surface area contributed by atoms with Gasteiger partial charge in [0, 0.05) is 0 Å². The molecule has 5 heteroatoms. The minimum atomic E-state index is -1.38. The van der Waals surface area contributed by atoms with E-state index in [1.807, 2.05) is 0 Å². The molecule has 0 saturated heterocycles. The van der Waals surface area contributed by atoms with E-state index in [0.29, 0.717) is 0 Å². The molecular weight excluding hydrogens is 186 g/mol. The molecular formula is C8H2F4N. The molecule has 0 amide bonds. The molecule has 1 heterocycles. The van der Waals surface area contributed by atoms with Crippen LogP contribution in [-0.4, -0.2) is 4.79 Å². The lowest BCUT2D eigenvalue weighted by atomic mass is 10.2. The topological polar surface area (TPSA) is 4.93 Å². The van der Waals surface area contributed by atoms with Crippen molar-refractivity contribution in [2.45, 2.75) is 0 Å². The molecule has 0 unspecified atom stereocenters. The van der Waals surface area contributed by atoms with Gasteiger partial charge in [-0.1, -0.05) is 4.48 Å². The van der Waals surface area contributed by atoms with Crippen LogP contribution >= 0.6 is 0 Å². The van der Waals surface area contributed by atoms with E-state index in [2.05, 4.69) is 0 Å². The third kappa shape index (κ3) is 0.998. The van der Waals surface area contributed by atoms with Crippen LogP contribution in [0, 0.1) is 23.6 Å². The Kier molecular flexibility index (Phi) is 1.55. The Morgan fingerprint density at radius 3 is 2.54 bits per heavy atom. The van der Waals surface area contributed by atoms with Crippen molar-refractivity contribution >= 4 is 10.9 Å². The van der Waals surface area contributed by atoms with Crippen LogP contribution in [0.5, 0.6) is 0 Å². The van der Waals surface area contributed by atoms with E-state index >= 15 is 0 Å². The van der Waals surface area contributed by atoms with E-state index in [1.165, 1.54) is 0 Å². The van der Waals surface area contributed by atoms with Crippen molar-refractivity contribution in [1.82, 2.24) is 4.79 Å². The van der Waals surface area contributed by atoms with E-state index in [4.69, 9.17) is 0 Å². The first-order chi connectivity index (χ1) is 6.11. The summed E-state index contributed by atoms with van der Waals surface area (Å²) in [5.74, 6) is -3.83. The third-order valence-corrected chi connectivity index (χ3v) is 1.68. The number of nitrogens with zero attached hydrogens (tertiary/aromatic N) is 1. The highest BCUT2D eigenvalue weighted by Crippen LogP contribution is 2.22. The third-order valence-electron chi connectivity index (χ3n) is 1.68. The minimum Gasteiger partial charge on any atom is -0.204 e. The van der Waals surface area contributed by atoms with Crippen molar-refractivity contribution in [2.75, 3.05) is 0 Å². The summed E-state index contributed by atoms with van der Waals surface area (Å²) < 4.78 is 50.6. The van der Waals surface area contributed by atoms with Gasteiger partial charge in [0.05, 0.1) is 17.0 Å². The lowest BCUT2D eigenvalue weighted by Gasteiger charge is -1.94. The van der Waals surface area contributed by atoms with Gasteiger partial charge in [-0.2, -0.15) is 9.18 Å². The fourth-order valence-corrected chi connectivity index (χ4v) is 1.08. The monoisotopic (exact) mass is 188 g/mol. The van der Waals surface area contributed by atoms with Gasteiger partial charge in [-0.3, -0.25) is 0 Å². The average molecular weight is 188 g/mol. The van der Waals surface area contributed by atoms with E-state index in [0.717, 1.165) is 12.1 Å². The zero-order valence-electron chi connectivity index (χ0n) is 6.11. The van der Waals surface area contributed by atoms with E-state index in [9.17, 15) is 17.7 Å². The van der Waals surface area contributed by atoms with Gasteiger partial charge >= 0.3 is 0 Å². The van der Waals surface area contributed by atoms with Gasteiger partial charge in [-0.05, 0) is 12.1 Å². The first-order valence-electron chi connectivity index (χ1n) is 3.34. The van der Waals surface area contributed by atoms with Crippen LogP contribution in [-0.2, 0) is 0 Å². The van der Waals surface area contributed by atoms with Gasteiger partial charge in [0.1, 0.15) is 0 Å². The first-order valence-corrected chi connectivity index (χ1v) is 3.34. The number of rotatable bonds is 0. The lowest BCUT2D eigenvalue weighted by molar-refractivity contribution is 0.313. The van der Waals surface area contributed by atoms with Gasteiger partial charge in [-0.25, -0.2) is 8.78 Å². The maximum atomic E-state index is 12.8. The number of hydrogen-bond acceptors (Lipinski definition) is 0. The second-order valence-electron chi connectivity index (χ2n) is 2.45. The summed E-state index contributed by atoms with van der Waals surface area (Å²) in [6.07, 6.45) is 0. The highest BCUT2D eigenvalue weighted by molar-refractivity contribution is 5.80. The van der Waals surface area contributed by atoms with Gasteiger partial charge in [0.15, 0.2) is 11.6 Å². The lowest BCUT2D eigenvalue weighted by Crippen LogP contribution is -1.87. The number of fused-ring (bicyclic) bond motifs is 1. The van der Waals surface area contributed by atoms with E-state index in [-0.39, 0.29) is 5.52 Å². The molecule has 0 aliphatic carbocycles. The number of aromatic nitrogens is 1. The smallest absolute Gasteiger partial charge is 0.204 e. The molecule has 0 aliphatic heterocycles. The minimum absolute atomic E-state index is 0.378. The summed E-state index contributed by atoms with van der Waals surface area (Å²) in [5, 5.41) is -0.528. The Balaban J connectivity index is 2.94. The normalized spacial score (nSPS) is 11.1. The van der Waals surface area contributed by atoms with E-state index in [1.54, 1.807) is 6.07 Å². The van der Waals surface area contributed by atoms with Gasteiger partial charge in [0.2, 0.25) is 5.95 Å². The molecule has 0 aliphatic rings. The molecule has 0 atom stereocenters. The first kappa shape index (κ1) is 8.10.